The Hall–Kier alpha value is -0.0900. The van der Waals surface area contributed by atoms with Gasteiger partial charge in [0.1, 0.15) is 10.1 Å². The van der Waals surface area contributed by atoms with Crippen LogP contribution in [0.2, 0.25) is 0 Å². The first-order valence-corrected chi connectivity index (χ1v) is 7.45. The van der Waals surface area contributed by atoms with Gasteiger partial charge in [-0.25, -0.2) is 0 Å². The van der Waals surface area contributed by atoms with Gasteiger partial charge in [0.05, 0.1) is 0 Å². The van der Waals surface area contributed by atoms with E-state index in [1.54, 1.807) is 11.8 Å². The molecule has 1 aliphatic heterocycles. The standard InChI is InChI=1S/C12H21NOS2/c1-10(2)11(14)6-9-16-12(15)13-7-4-3-5-8-13/h10H,3-9H2,1-2H3. The van der Waals surface area contributed by atoms with E-state index in [4.69, 9.17) is 12.2 Å². The number of carbonyl (C=O) groups is 1. The summed E-state index contributed by atoms with van der Waals surface area (Å²) in [5.41, 5.74) is 0. The molecular formula is C12H21NOS2. The molecule has 0 unspecified atom stereocenters. The summed E-state index contributed by atoms with van der Waals surface area (Å²) in [5.74, 6) is 1.34. The SMILES string of the molecule is CC(C)C(=O)CCSC(=S)N1CCCCC1. The van der Waals surface area contributed by atoms with Crippen LogP contribution in [-0.4, -0.2) is 33.8 Å². The molecule has 0 radical (unpaired) electrons. The molecule has 0 aromatic heterocycles. The molecule has 16 heavy (non-hydrogen) atoms. The maximum atomic E-state index is 11.4. The Bertz CT molecular complexity index is 247. The van der Waals surface area contributed by atoms with Gasteiger partial charge in [0.25, 0.3) is 0 Å². The van der Waals surface area contributed by atoms with E-state index in [1.165, 1.54) is 19.3 Å². The number of thioether (sulfide) groups is 1. The molecule has 0 bridgehead atoms. The maximum absolute atomic E-state index is 11.4. The Morgan fingerprint density at radius 3 is 2.50 bits per heavy atom. The van der Waals surface area contributed by atoms with E-state index in [0.29, 0.717) is 12.2 Å². The van der Waals surface area contributed by atoms with Crippen LogP contribution in [0, 0.1) is 5.92 Å². The minimum absolute atomic E-state index is 0.157. The maximum Gasteiger partial charge on any atom is 0.136 e. The van der Waals surface area contributed by atoms with Crippen LogP contribution in [0.25, 0.3) is 0 Å². The van der Waals surface area contributed by atoms with Gasteiger partial charge < -0.3 is 4.90 Å². The molecule has 2 nitrogen and oxygen atoms in total. The van der Waals surface area contributed by atoms with Crippen molar-refractivity contribution in [2.75, 3.05) is 18.8 Å². The average Bonchev–Trinajstić information content (AvgIpc) is 2.29. The highest BCUT2D eigenvalue weighted by Gasteiger charge is 2.14. The van der Waals surface area contributed by atoms with Gasteiger partial charge in [-0.05, 0) is 19.3 Å². The van der Waals surface area contributed by atoms with Crippen molar-refractivity contribution in [1.29, 1.82) is 0 Å². The van der Waals surface area contributed by atoms with Crippen LogP contribution in [0.4, 0.5) is 0 Å². The van der Waals surface area contributed by atoms with E-state index < -0.39 is 0 Å². The summed E-state index contributed by atoms with van der Waals surface area (Å²) in [4.78, 5) is 13.7. The Labute approximate surface area is 108 Å². The number of thiocarbonyl (C=S) groups is 1. The summed E-state index contributed by atoms with van der Waals surface area (Å²) in [6.07, 6.45) is 4.49. The zero-order chi connectivity index (χ0) is 12.0. The van der Waals surface area contributed by atoms with Gasteiger partial charge in [-0.3, -0.25) is 4.79 Å². The molecule has 1 aliphatic rings. The summed E-state index contributed by atoms with van der Waals surface area (Å²) >= 11 is 7.03. The summed E-state index contributed by atoms with van der Waals surface area (Å²) < 4.78 is 0.983. The second-order valence-electron chi connectivity index (χ2n) is 4.53. The van der Waals surface area contributed by atoms with Crippen LogP contribution in [-0.2, 0) is 4.79 Å². The van der Waals surface area contributed by atoms with Crippen molar-refractivity contribution >= 4 is 34.1 Å². The third-order valence-electron chi connectivity index (χ3n) is 2.83. The van der Waals surface area contributed by atoms with Gasteiger partial charge in [-0.15, -0.1) is 0 Å². The molecule has 1 heterocycles. The molecule has 92 valence electrons. The molecule has 0 aliphatic carbocycles. The lowest BCUT2D eigenvalue weighted by Crippen LogP contribution is -2.32. The molecule has 0 N–H and O–H groups in total. The van der Waals surface area contributed by atoms with Gasteiger partial charge in [0, 0.05) is 31.2 Å². The Morgan fingerprint density at radius 2 is 1.94 bits per heavy atom. The molecule has 0 aromatic rings. The highest BCUT2D eigenvalue weighted by molar-refractivity contribution is 8.22. The van der Waals surface area contributed by atoms with Crippen molar-refractivity contribution in [1.82, 2.24) is 4.90 Å². The number of Topliss-reactive ketones (excluding diaryl/α,β-unsaturated/α-hetero) is 1. The summed E-state index contributed by atoms with van der Waals surface area (Å²) in [5, 5.41) is 0. The predicted octanol–water partition coefficient (Wildman–Crippen LogP) is 3.11. The first-order valence-electron chi connectivity index (χ1n) is 6.05. The number of piperidine rings is 1. The van der Waals surface area contributed by atoms with Crippen LogP contribution in [0.3, 0.4) is 0 Å². The Balaban J connectivity index is 2.17. The number of carbonyl (C=O) groups excluding carboxylic acids is 1. The van der Waals surface area contributed by atoms with Crippen molar-refractivity contribution in [2.45, 2.75) is 39.5 Å². The van der Waals surface area contributed by atoms with Gasteiger partial charge in [-0.2, -0.15) is 0 Å². The number of likely N-dealkylation sites (tertiary alicyclic amines) is 1. The second-order valence-corrected chi connectivity index (χ2v) is 6.26. The predicted molar refractivity (Wildman–Crippen MR) is 74.9 cm³/mol. The number of hydrogen-bond donors (Lipinski definition) is 0. The van der Waals surface area contributed by atoms with Crippen LogP contribution < -0.4 is 0 Å². The zero-order valence-electron chi connectivity index (χ0n) is 10.2. The minimum Gasteiger partial charge on any atom is -0.358 e. The fraction of sp³-hybridized carbons (Fsp3) is 0.833. The fourth-order valence-electron chi connectivity index (χ4n) is 1.70. The molecule has 0 saturated carbocycles. The fourth-order valence-corrected chi connectivity index (χ4v) is 2.97. The average molecular weight is 259 g/mol. The van der Waals surface area contributed by atoms with Gasteiger partial charge >= 0.3 is 0 Å². The first-order chi connectivity index (χ1) is 7.61. The van der Waals surface area contributed by atoms with Gasteiger partial charge in [-0.1, -0.05) is 37.8 Å². The van der Waals surface area contributed by atoms with Crippen LogP contribution in [0.15, 0.2) is 0 Å². The highest BCUT2D eigenvalue weighted by Crippen LogP contribution is 2.17. The third kappa shape index (κ3) is 4.83. The van der Waals surface area contributed by atoms with Crippen LogP contribution >= 0.6 is 24.0 Å². The zero-order valence-corrected chi connectivity index (χ0v) is 11.8. The van der Waals surface area contributed by atoms with Gasteiger partial charge in [0.2, 0.25) is 0 Å². The number of nitrogens with zero attached hydrogens (tertiary/aromatic N) is 1. The Morgan fingerprint density at radius 1 is 1.31 bits per heavy atom. The molecule has 1 fully saturated rings. The van der Waals surface area contributed by atoms with Crippen molar-refractivity contribution in [3.8, 4) is 0 Å². The van der Waals surface area contributed by atoms with Crippen molar-refractivity contribution in [3.63, 3.8) is 0 Å². The van der Waals surface area contributed by atoms with E-state index >= 15 is 0 Å². The number of hydrogen-bond acceptors (Lipinski definition) is 3. The molecular weight excluding hydrogens is 238 g/mol. The van der Waals surface area contributed by atoms with Crippen molar-refractivity contribution in [2.24, 2.45) is 5.92 Å². The van der Waals surface area contributed by atoms with Crippen LogP contribution in [0.5, 0.6) is 0 Å². The molecule has 0 amide bonds. The third-order valence-corrected chi connectivity index (χ3v) is 4.36. The molecule has 0 aromatic carbocycles. The molecule has 1 saturated heterocycles. The van der Waals surface area contributed by atoms with Crippen molar-refractivity contribution < 1.29 is 4.79 Å². The Kier molecular flexibility index (Phi) is 6.36. The number of ketones is 1. The smallest absolute Gasteiger partial charge is 0.136 e. The lowest BCUT2D eigenvalue weighted by molar-refractivity contribution is -0.121. The first kappa shape index (κ1) is 14.0. The topological polar surface area (TPSA) is 20.3 Å². The summed E-state index contributed by atoms with van der Waals surface area (Å²) in [6, 6.07) is 0. The molecule has 0 atom stereocenters. The summed E-state index contributed by atoms with van der Waals surface area (Å²) in [7, 11) is 0. The second kappa shape index (κ2) is 7.28. The molecule has 4 heteroatoms. The molecule has 1 rings (SSSR count). The lowest BCUT2D eigenvalue weighted by atomic mass is 10.1. The van der Waals surface area contributed by atoms with E-state index in [0.717, 1.165) is 23.2 Å². The van der Waals surface area contributed by atoms with Crippen LogP contribution in [0.1, 0.15) is 39.5 Å². The normalized spacial score (nSPS) is 16.6. The largest absolute Gasteiger partial charge is 0.358 e. The molecule has 0 spiro atoms. The lowest BCUT2D eigenvalue weighted by Gasteiger charge is -2.28. The monoisotopic (exact) mass is 259 g/mol. The minimum atomic E-state index is 0.157. The summed E-state index contributed by atoms with van der Waals surface area (Å²) in [6.45, 7) is 6.11. The highest BCUT2D eigenvalue weighted by atomic mass is 32.2. The van der Waals surface area contributed by atoms with E-state index in [2.05, 4.69) is 4.90 Å². The van der Waals surface area contributed by atoms with Gasteiger partial charge in [0.15, 0.2) is 0 Å². The van der Waals surface area contributed by atoms with E-state index in [9.17, 15) is 4.79 Å². The van der Waals surface area contributed by atoms with E-state index in [-0.39, 0.29) is 5.92 Å². The van der Waals surface area contributed by atoms with E-state index in [1.807, 2.05) is 13.8 Å². The number of rotatable bonds is 4. The quantitative estimate of drug-likeness (QED) is 0.723. The van der Waals surface area contributed by atoms with Crippen molar-refractivity contribution in [3.05, 3.63) is 0 Å².